The molecule has 0 amide bonds. The molecule has 0 aliphatic rings. The molecule has 1 heteroatoms. The summed E-state index contributed by atoms with van der Waals surface area (Å²) in [5.41, 5.74) is 0. The SMILES string of the molecule is CCCCCCCCCCCCC([O])CCCC(C)CC. The van der Waals surface area contributed by atoms with Crippen LogP contribution in [0.25, 0.3) is 0 Å². The topological polar surface area (TPSA) is 19.9 Å². The maximum absolute atomic E-state index is 11.8. The van der Waals surface area contributed by atoms with E-state index in [2.05, 4.69) is 20.8 Å². The van der Waals surface area contributed by atoms with Crippen molar-refractivity contribution in [3.05, 3.63) is 0 Å². The Hall–Kier alpha value is -0.0400. The molecule has 0 aromatic carbocycles. The second-order valence-electron chi connectivity index (χ2n) is 7.04. The van der Waals surface area contributed by atoms with E-state index in [1.807, 2.05) is 0 Å². The molecule has 0 spiro atoms. The zero-order chi connectivity index (χ0) is 15.8. The van der Waals surface area contributed by atoms with Gasteiger partial charge in [0.15, 0.2) is 0 Å². The minimum absolute atomic E-state index is 0.289. The fraction of sp³-hybridized carbons (Fsp3) is 1.00. The zero-order valence-corrected chi connectivity index (χ0v) is 15.2. The standard InChI is InChI=1S/C20H41O/c1-4-6-7-8-9-10-11-12-13-14-17-20(21)18-15-16-19(3)5-2/h19-20H,4-18H2,1-3H3. The number of hydrogen-bond donors (Lipinski definition) is 0. The normalized spacial score (nSPS) is 14.3. The lowest BCUT2D eigenvalue weighted by Crippen LogP contribution is -2.05. The molecule has 0 saturated carbocycles. The van der Waals surface area contributed by atoms with Crippen LogP contribution in [-0.4, -0.2) is 6.10 Å². The molecule has 0 aromatic rings. The van der Waals surface area contributed by atoms with Crippen LogP contribution in [0.1, 0.15) is 117 Å². The second-order valence-corrected chi connectivity index (χ2v) is 7.04. The molecule has 0 N–H and O–H groups in total. The van der Waals surface area contributed by atoms with Crippen LogP contribution in [0.15, 0.2) is 0 Å². The van der Waals surface area contributed by atoms with Gasteiger partial charge in [-0.2, -0.15) is 0 Å². The van der Waals surface area contributed by atoms with Gasteiger partial charge in [-0.1, -0.05) is 104 Å². The van der Waals surface area contributed by atoms with Gasteiger partial charge in [0.25, 0.3) is 0 Å². The summed E-state index contributed by atoms with van der Waals surface area (Å²) in [6, 6.07) is 0. The first-order valence-electron chi connectivity index (χ1n) is 9.86. The predicted molar refractivity (Wildman–Crippen MR) is 94.2 cm³/mol. The molecule has 1 nitrogen and oxygen atoms in total. The Morgan fingerprint density at radius 2 is 1.10 bits per heavy atom. The lowest BCUT2D eigenvalue weighted by molar-refractivity contribution is 0.0680. The van der Waals surface area contributed by atoms with Gasteiger partial charge in [-0.05, 0) is 18.8 Å². The van der Waals surface area contributed by atoms with Gasteiger partial charge < -0.3 is 0 Å². The maximum atomic E-state index is 11.8. The summed E-state index contributed by atoms with van der Waals surface area (Å²) in [4.78, 5) is 0. The van der Waals surface area contributed by atoms with E-state index in [1.165, 1.54) is 70.6 Å². The Morgan fingerprint density at radius 1 is 0.619 bits per heavy atom. The molecule has 0 aromatic heterocycles. The molecule has 0 saturated heterocycles. The van der Waals surface area contributed by atoms with E-state index in [9.17, 15) is 5.11 Å². The van der Waals surface area contributed by atoms with Crippen LogP contribution in [0.2, 0.25) is 0 Å². The highest BCUT2D eigenvalue weighted by molar-refractivity contribution is 4.59. The van der Waals surface area contributed by atoms with Crippen molar-refractivity contribution in [2.24, 2.45) is 5.92 Å². The first-order valence-corrected chi connectivity index (χ1v) is 9.86. The summed E-state index contributed by atoms with van der Waals surface area (Å²) in [5, 5.41) is 11.8. The van der Waals surface area contributed by atoms with E-state index in [4.69, 9.17) is 0 Å². The van der Waals surface area contributed by atoms with E-state index < -0.39 is 0 Å². The van der Waals surface area contributed by atoms with Gasteiger partial charge in [-0.15, -0.1) is 0 Å². The summed E-state index contributed by atoms with van der Waals surface area (Å²) in [5.74, 6) is 0.800. The molecule has 0 rings (SSSR count). The monoisotopic (exact) mass is 297 g/mol. The number of unbranched alkanes of at least 4 members (excludes halogenated alkanes) is 9. The van der Waals surface area contributed by atoms with Gasteiger partial charge in [0.05, 0.1) is 6.10 Å². The summed E-state index contributed by atoms with van der Waals surface area (Å²) in [6.45, 7) is 6.80. The Morgan fingerprint density at radius 3 is 1.62 bits per heavy atom. The average molecular weight is 298 g/mol. The molecule has 0 aliphatic carbocycles. The highest BCUT2D eigenvalue weighted by atomic mass is 16.3. The van der Waals surface area contributed by atoms with E-state index in [0.717, 1.165) is 31.6 Å². The Bertz CT molecular complexity index is 190. The van der Waals surface area contributed by atoms with Gasteiger partial charge in [-0.3, -0.25) is 0 Å². The summed E-state index contributed by atoms with van der Waals surface area (Å²) in [6.07, 6.45) is 18.7. The Labute approximate surface area is 134 Å². The maximum Gasteiger partial charge on any atom is 0.0930 e. The zero-order valence-electron chi connectivity index (χ0n) is 15.2. The van der Waals surface area contributed by atoms with Crippen molar-refractivity contribution in [3.63, 3.8) is 0 Å². The molecule has 0 bridgehead atoms. The van der Waals surface area contributed by atoms with Crippen molar-refractivity contribution in [1.82, 2.24) is 0 Å². The lowest BCUT2D eigenvalue weighted by atomic mass is 9.98. The molecule has 2 unspecified atom stereocenters. The van der Waals surface area contributed by atoms with Crippen molar-refractivity contribution in [2.75, 3.05) is 0 Å². The second kappa shape index (κ2) is 16.3. The van der Waals surface area contributed by atoms with E-state index in [1.54, 1.807) is 0 Å². The van der Waals surface area contributed by atoms with Crippen LogP contribution in [0, 0.1) is 5.92 Å². The third-order valence-electron chi connectivity index (χ3n) is 4.80. The van der Waals surface area contributed by atoms with Crippen molar-refractivity contribution >= 4 is 0 Å². The van der Waals surface area contributed by atoms with Gasteiger partial charge in [-0.25, -0.2) is 5.11 Å². The van der Waals surface area contributed by atoms with Crippen LogP contribution >= 0.6 is 0 Å². The minimum Gasteiger partial charge on any atom is -0.233 e. The van der Waals surface area contributed by atoms with Crippen LogP contribution in [0.4, 0.5) is 0 Å². The molecule has 0 aliphatic heterocycles. The predicted octanol–water partition coefficient (Wildman–Crippen LogP) is 7.31. The van der Waals surface area contributed by atoms with Gasteiger partial charge in [0.1, 0.15) is 0 Å². The van der Waals surface area contributed by atoms with Gasteiger partial charge >= 0.3 is 0 Å². The van der Waals surface area contributed by atoms with Crippen LogP contribution in [-0.2, 0) is 5.11 Å². The fourth-order valence-electron chi connectivity index (χ4n) is 2.90. The van der Waals surface area contributed by atoms with E-state index >= 15 is 0 Å². The molecular weight excluding hydrogens is 256 g/mol. The Kier molecular flexibility index (Phi) is 16.3. The van der Waals surface area contributed by atoms with Crippen LogP contribution in [0.5, 0.6) is 0 Å². The van der Waals surface area contributed by atoms with Crippen molar-refractivity contribution in [1.29, 1.82) is 0 Å². The third kappa shape index (κ3) is 16.2. The van der Waals surface area contributed by atoms with Crippen molar-refractivity contribution in [3.8, 4) is 0 Å². The van der Waals surface area contributed by atoms with E-state index in [0.29, 0.717) is 0 Å². The largest absolute Gasteiger partial charge is 0.233 e. The smallest absolute Gasteiger partial charge is 0.0930 e. The van der Waals surface area contributed by atoms with Gasteiger partial charge in [0.2, 0.25) is 0 Å². The lowest BCUT2D eigenvalue weighted by Gasteiger charge is -2.11. The molecule has 0 fully saturated rings. The van der Waals surface area contributed by atoms with Crippen LogP contribution in [0.3, 0.4) is 0 Å². The quantitative estimate of drug-likeness (QED) is 0.266. The summed E-state index contributed by atoms with van der Waals surface area (Å²) < 4.78 is 0. The first kappa shape index (κ1) is 21.0. The average Bonchev–Trinajstić information content (AvgIpc) is 2.49. The third-order valence-corrected chi connectivity index (χ3v) is 4.80. The van der Waals surface area contributed by atoms with Crippen molar-refractivity contribution in [2.45, 2.75) is 123 Å². The number of hydrogen-bond acceptors (Lipinski definition) is 0. The van der Waals surface area contributed by atoms with Crippen LogP contribution < -0.4 is 0 Å². The minimum atomic E-state index is -0.289. The van der Waals surface area contributed by atoms with Gasteiger partial charge in [0, 0.05) is 0 Å². The van der Waals surface area contributed by atoms with E-state index in [-0.39, 0.29) is 6.10 Å². The summed E-state index contributed by atoms with van der Waals surface area (Å²) >= 11 is 0. The molecule has 1 radical (unpaired) electrons. The molecule has 2 atom stereocenters. The fourth-order valence-corrected chi connectivity index (χ4v) is 2.90. The molecular formula is C20H41O. The first-order chi connectivity index (χ1) is 10.2. The van der Waals surface area contributed by atoms with Crippen molar-refractivity contribution < 1.29 is 5.11 Å². The molecule has 0 heterocycles. The molecule has 127 valence electrons. The molecule has 21 heavy (non-hydrogen) atoms. The number of rotatable bonds is 16. The highest BCUT2D eigenvalue weighted by Gasteiger charge is 2.07. The summed E-state index contributed by atoms with van der Waals surface area (Å²) in [7, 11) is 0. The Balaban J connectivity index is 3.16. The highest BCUT2D eigenvalue weighted by Crippen LogP contribution is 2.16.